The molecule has 7 nitrogen and oxygen atoms in total. The second-order valence-electron chi connectivity index (χ2n) is 6.18. The van der Waals surface area contributed by atoms with Crippen LogP contribution in [0, 0.1) is 0 Å². The standard InChI is InChI=1S/C18H24ClN5O2.2ClH/c1-26-12-6-20-17(25)14-22-8-10-23(11-9-22)18-21-5-7-24(18)16-4-2-3-15(19)13-16;;/h2-5,7,13H,6,8-12,14H2,1H3,(H,20,25);2*1H. The van der Waals surface area contributed by atoms with Crippen molar-refractivity contribution in [1.82, 2.24) is 19.8 Å². The summed E-state index contributed by atoms with van der Waals surface area (Å²) in [6.45, 7) is 4.78. The molecule has 1 aromatic carbocycles. The second-order valence-corrected chi connectivity index (χ2v) is 6.62. The molecule has 2 heterocycles. The lowest BCUT2D eigenvalue weighted by molar-refractivity contribution is -0.122. The lowest BCUT2D eigenvalue weighted by atomic mass is 10.3. The molecular formula is C18H26Cl3N5O2. The molecule has 3 rings (SSSR count). The fraction of sp³-hybridized carbons (Fsp3) is 0.444. The van der Waals surface area contributed by atoms with Gasteiger partial charge in [0.05, 0.1) is 13.2 Å². The third kappa shape index (κ3) is 6.53. The Labute approximate surface area is 182 Å². The van der Waals surface area contributed by atoms with E-state index in [0.29, 0.717) is 24.7 Å². The maximum absolute atomic E-state index is 11.9. The number of imidazole rings is 1. The molecule has 0 unspecified atom stereocenters. The van der Waals surface area contributed by atoms with Gasteiger partial charge in [-0.3, -0.25) is 14.3 Å². The van der Waals surface area contributed by atoms with Gasteiger partial charge in [0.15, 0.2) is 0 Å². The summed E-state index contributed by atoms with van der Waals surface area (Å²) in [4.78, 5) is 20.8. The number of hydrogen-bond donors (Lipinski definition) is 1. The van der Waals surface area contributed by atoms with Crippen LogP contribution < -0.4 is 10.2 Å². The number of piperazine rings is 1. The van der Waals surface area contributed by atoms with Crippen LogP contribution in [0.4, 0.5) is 5.95 Å². The summed E-state index contributed by atoms with van der Waals surface area (Å²) < 4.78 is 6.98. The number of ether oxygens (including phenoxy) is 1. The summed E-state index contributed by atoms with van der Waals surface area (Å²) in [7, 11) is 1.62. The minimum absolute atomic E-state index is 0. The first-order chi connectivity index (χ1) is 12.7. The summed E-state index contributed by atoms with van der Waals surface area (Å²) in [5.41, 5.74) is 0.991. The molecule has 1 aliphatic rings. The Morgan fingerprint density at radius 1 is 1.25 bits per heavy atom. The smallest absolute Gasteiger partial charge is 0.234 e. The minimum Gasteiger partial charge on any atom is -0.383 e. The fourth-order valence-electron chi connectivity index (χ4n) is 3.01. The molecule has 0 aliphatic carbocycles. The molecule has 156 valence electrons. The second kappa shape index (κ2) is 12.1. The van der Waals surface area contributed by atoms with Gasteiger partial charge in [-0.1, -0.05) is 17.7 Å². The maximum atomic E-state index is 11.9. The number of nitrogens with one attached hydrogen (secondary N) is 1. The highest BCUT2D eigenvalue weighted by molar-refractivity contribution is 6.30. The quantitative estimate of drug-likeness (QED) is 0.656. The number of rotatable bonds is 7. The monoisotopic (exact) mass is 449 g/mol. The number of halogens is 3. The van der Waals surface area contributed by atoms with E-state index in [1.165, 1.54) is 0 Å². The number of hydrogen-bond acceptors (Lipinski definition) is 5. The molecule has 0 atom stereocenters. The average Bonchev–Trinajstić information content (AvgIpc) is 3.12. The number of nitrogens with zero attached hydrogens (tertiary/aromatic N) is 4. The number of carbonyl (C=O) groups is 1. The van der Waals surface area contributed by atoms with Crippen LogP contribution in [0.2, 0.25) is 5.02 Å². The topological polar surface area (TPSA) is 62.6 Å². The van der Waals surface area contributed by atoms with Gasteiger partial charge < -0.3 is 15.0 Å². The predicted molar refractivity (Wildman–Crippen MR) is 117 cm³/mol. The van der Waals surface area contributed by atoms with Crippen molar-refractivity contribution in [3.63, 3.8) is 0 Å². The molecule has 1 saturated heterocycles. The van der Waals surface area contributed by atoms with E-state index in [1.54, 1.807) is 13.3 Å². The van der Waals surface area contributed by atoms with Gasteiger partial charge in [-0.05, 0) is 18.2 Å². The number of carbonyl (C=O) groups excluding carboxylic acids is 1. The lowest BCUT2D eigenvalue weighted by Crippen LogP contribution is -2.50. The molecule has 1 aliphatic heterocycles. The first kappa shape index (κ1) is 24.5. The van der Waals surface area contributed by atoms with Crippen molar-refractivity contribution in [3.8, 4) is 5.69 Å². The molecule has 10 heteroatoms. The van der Waals surface area contributed by atoms with E-state index in [0.717, 1.165) is 37.8 Å². The van der Waals surface area contributed by atoms with E-state index in [2.05, 4.69) is 20.1 Å². The minimum atomic E-state index is 0. The van der Waals surface area contributed by atoms with Gasteiger partial charge in [-0.25, -0.2) is 4.98 Å². The Balaban J connectivity index is 0.00000196. The van der Waals surface area contributed by atoms with Crippen LogP contribution in [0.1, 0.15) is 0 Å². The highest BCUT2D eigenvalue weighted by atomic mass is 35.5. The maximum Gasteiger partial charge on any atom is 0.234 e. The molecular weight excluding hydrogens is 425 g/mol. The zero-order valence-corrected chi connectivity index (χ0v) is 18.1. The lowest BCUT2D eigenvalue weighted by Gasteiger charge is -2.35. The van der Waals surface area contributed by atoms with Crippen molar-refractivity contribution in [2.45, 2.75) is 0 Å². The van der Waals surface area contributed by atoms with E-state index >= 15 is 0 Å². The van der Waals surface area contributed by atoms with Gasteiger partial charge in [-0.15, -0.1) is 24.8 Å². The van der Waals surface area contributed by atoms with E-state index in [9.17, 15) is 4.79 Å². The van der Waals surface area contributed by atoms with Crippen molar-refractivity contribution in [2.24, 2.45) is 0 Å². The van der Waals surface area contributed by atoms with E-state index in [-0.39, 0.29) is 30.7 Å². The summed E-state index contributed by atoms with van der Waals surface area (Å²) in [5.74, 6) is 0.937. The van der Waals surface area contributed by atoms with Crippen LogP contribution in [0.25, 0.3) is 5.69 Å². The normalized spacial score (nSPS) is 14.1. The van der Waals surface area contributed by atoms with Crippen LogP contribution >= 0.6 is 36.4 Å². The molecule has 1 N–H and O–H groups in total. The van der Waals surface area contributed by atoms with E-state index in [4.69, 9.17) is 16.3 Å². The Hall–Kier alpha value is -1.51. The number of aromatic nitrogens is 2. The summed E-state index contributed by atoms with van der Waals surface area (Å²) in [6, 6.07) is 7.73. The van der Waals surface area contributed by atoms with Crippen molar-refractivity contribution >= 4 is 48.3 Å². The van der Waals surface area contributed by atoms with Gasteiger partial charge >= 0.3 is 0 Å². The van der Waals surface area contributed by atoms with Crippen LogP contribution in [-0.4, -0.2) is 73.3 Å². The largest absolute Gasteiger partial charge is 0.383 e. The van der Waals surface area contributed by atoms with Gasteiger partial charge in [0, 0.05) is 62.9 Å². The first-order valence-electron chi connectivity index (χ1n) is 8.69. The molecule has 1 amide bonds. The van der Waals surface area contributed by atoms with Crippen molar-refractivity contribution in [2.75, 3.05) is 57.9 Å². The van der Waals surface area contributed by atoms with E-state index < -0.39 is 0 Å². The molecule has 0 bridgehead atoms. The first-order valence-corrected chi connectivity index (χ1v) is 9.07. The Morgan fingerprint density at radius 2 is 2.00 bits per heavy atom. The Bertz CT molecular complexity index is 736. The zero-order valence-electron chi connectivity index (χ0n) is 15.7. The van der Waals surface area contributed by atoms with Crippen LogP contribution in [0.3, 0.4) is 0 Å². The van der Waals surface area contributed by atoms with Crippen molar-refractivity contribution in [3.05, 3.63) is 41.7 Å². The number of anilines is 1. The highest BCUT2D eigenvalue weighted by Crippen LogP contribution is 2.21. The van der Waals surface area contributed by atoms with Crippen LogP contribution in [-0.2, 0) is 9.53 Å². The number of methoxy groups -OCH3 is 1. The van der Waals surface area contributed by atoms with Gasteiger partial charge in [0.1, 0.15) is 0 Å². The molecule has 0 saturated carbocycles. The molecule has 2 aromatic rings. The molecule has 1 aromatic heterocycles. The third-order valence-corrected chi connectivity index (χ3v) is 4.59. The fourth-order valence-corrected chi connectivity index (χ4v) is 3.20. The number of benzene rings is 1. The molecule has 1 fully saturated rings. The summed E-state index contributed by atoms with van der Waals surface area (Å²) in [5, 5.41) is 3.56. The SMILES string of the molecule is COCCNC(=O)CN1CCN(c2nccn2-c2cccc(Cl)c2)CC1.Cl.Cl. The van der Waals surface area contributed by atoms with E-state index in [1.807, 2.05) is 35.0 Å². The molecule has 0 spiro atoms. The summed E-state index contributed by atoms with van der Waals surface area (Å²) in [6.07, 6.45) is 3.74. The summed E-state index contributed by atoms with van der Waals surface area (Å²) >= 11 is 6.11. The zero-order chi connectivity index (χ0) is 18.4. The third-order valence-electron chi connectivity index (χ3n) is 4.36. The molecule has 0 radical (unpaired) electrons. The number of amides is 1. The predicted octanol–water partition coefficient (Wildman–Crippen LogP) is 2.25. The Kier molecular flexibility index (Phi) is 10.6. The van der Waals surface area contributed by atoms with Gasteiger partial charge in [0.2, 0.25) is 11.9 Å². The van der Waals surface area contributed by atoms with Crippen LogP contribution in [0.15, 0.2) is 36.7 Å². The van der Waals surface area contributed by atoms with Gasteiger partial charge in [-0.2, -0.15) is 0 Å². The van der Waals surface area contributed by atoms with Crippen molar-refractivity contribution < 1.29 is 9.53 Å². The highest BCUT2D eigenvalue weighted by Gasteiger charge is 2.22. The van der Waals surface area contributed by atoms with Crippen molar-refractivity contribution in [1.29, 1.82) is 0 Å². The average molecular weight is 451 g/mol. The Morgan fingerprint density at radius 3 is 2.68 bits per heavy atom. The molecule has 28 heavy (non-hydrogen) atoms. The van der Waals surface area contributed by atoms with Gasteiger partial charge in [0.25, 0.3) is 0 Å². The van der Waals surface area contributed by atoms with Crippen LogP contribution in [0.5, 0.6) is 0 Å².